The van der Waals surface area contributed by atoms with Crippen molar-refractivity contribution in [3.8, 4) is 0 Å². The van der Waals surface area contributed by atoms with Crippen LogP contribution in [0.3, 0.4) is 0 Å². The van der Waals surface area contributed by atoms with Crippen LogP contribution in [0.4, 0.5) is 13.2 Å². The van der Waals surface area contributed by atoms with E-state index in [-0.39, 0.29) is 36.8 Å². The number of amides is 1. The van der Waals surface area contributed by atoms with Gasteiger partial charge in [0, 0.05) is 38.8 Å². The summed E-state index contributed by atoms with van der Waals surface area (Å²) in [4.78, 5) is 14.3. The maximum absolute atomic E-state index is 12.6. The molecule has 27 heavy (non-hydrogen) atoms. The first-order chi connectivity index (χ1) is 11.9. The smallest absolute Gasteiger partial charge is 0.366 e. The molecular formula is C17H24Cl2F3N3O2. The molecule has 0 saturated carbocycles. The number of halogens is 5. The number of carbonyl (C=O) groups is 1. The summed E-state index contributed by atoms with van der Waals surface area (Å²) in [7, 11) is 0. The van der Waals surface area contributed by atoms with Gasteiger partial charge in [0.25, 0.3) is 5.91 Å². The number of benzene rings is 1. The Bertz CT molecular complexity index is 596. The van der Waals surface area contributed by atoms with E-state index in [4.69, 9.17) is 4.74 Å². The fourth-order valence-electron chi connectivity index (χ4n) is 3.18. The van der Waals surface area contributed by atoms with Gasteiger partial charge in [-0.3, -0.25) is 9.69 Å². The molecule has 2 unspecified atom stereocenters. The van der Waals surface area contributed by atoms with E-state index in [0.717, 1.165) is 37.2 Å². The molecule has 1 aromatic rings. The van der Waals surface area contributed by atoms with E-state index < -0.39 is 17.8 Å². The molecular weight excluding hydrogens is 406 g/mol. The zero-order valence-electron chi connectivity index (χ0n) is 14.6. The molecule has 2 saturated heterocycles. The zero-order valence-corrected chi connectivity index (χ0v) is 16.3. The number of morpholine rings is 1. The molecule has 2 aliphatic heterocycles. The van der Waals surface area contributed by atoms with E-state index in [1.165, 1.54) is 12.1 Å². The van der Waals surface area contributed by atoms with Gasteiger partial charge in [0.2, 0.25) is 0 Å². The van der Waals surface area contributed by atoms with Gasteiger partial charge in [-0.25, -0.2) is 0 Å². The van der Waals surface area contributed by atoms with Crippen LogP contribution in [-0.4, -0.2) is 55.7 Å². The van der Waals surface area contributed by atoms with Crippen molar-refractivity contribution in [1.29, 1.82) is 0 Å². The second-order valence-electron chi connectivity index (χ2n) is 6.49. The lowest BCUT2D eigenvalue weighted by atomic mass is 10.1. The largest absolute Gasteiger partial charge is 0.416 e. The van der Waals surface area contributed by atoms with Crippen LogP contribution in [0.25, 0.3) is 0 Å². The van der Waals surface area contributed by atoms with E-state index in [1.807, 2.05) is 0 Å². The topological polar surface area (TPSA) is 53.6 Å². The predicted octanol–water partition coefficient (Wildman–Crippen LogP) is 2.23. The van der Waals surface area contributed by atoms with Gasteiger partial charge in [0.05, 0.1) is 12.2 Å². The number of hydrogen-bond acceptors (Lipinski definition) is 4. The third-order valence-corrected chi connectivity index (χ3v) is 4.53. The van der Waals surface area contributed by atoms with Crippen molar-refractivity contribution in [2.75, 3.05) is 32.8 Å². The quantitative estimate of drug-likeness (QED) is 0.770. The Morgan fingerprint density at radius 3 is 2.56 bits per heavy atom. The molecule has 2 N–H and O–H groups in total. The standard InChI is InChI=1S/C17H22F3N3O2.2ClH/c18-17(19,20)13-3-1-12(2-4-13)10-23-7-5-14(11-23)22-16(24)15-9-21-6-8-25-15;;/h1-4,14-15,21H,5-11H2,(H,22,24);2*1H. The van der Waals surface area contributed by atoms with Gasteiger partial charge in [-0.1, -0.05) is 12.1 Å². The Balaban J connectivity index is 0.00000182. The van der Waals surface area contributed by atoms with Crippen LogP contribution in [0.1, 0.15) is 17.5 Å². The number of nitrogens with zero attached hydrogens (tertiary/aromatic N) is 1. The third-order valence-electron chi connectivity index (χ3n) is 4.53. The SMILES string of the molecule is Cl.Cl.O=C(NC1CCN(Cc2ccc(C(F)(F)F)cc2)C1)C1CNCCO1. The Labute approximate surface area is 168 Å². The fraction of sp³-hybridized carbons (Fsp3) is 0.588. The summed E-state index contributed by atoms with van der Waals surface area (Å²) in [6, 6.07) is 5.29. The predicted molar refractivity (Wildman–Crippen MR) is 100 cm³/mol. The minimum Gasteiger partial charge on any atom is -0.366 e. The first-order valence-electron chi connectivity index (χ1n) is 8.43. The van der Waals surface area contributed by atoms with Crippen LogP contribution in [0.5, 0.6) is 0 Å². The zero-order chi connectivity index (χ0) is 17.9. The molecule has 2 fully saturated rings. The molecule has 0 aliphatic carbocycles. The highest BCUT2D eigenvalue weighted by molar-refractivity contribution is 5.85. The molecule has 0 radical (unpaired) electrons. The molecule has 0 aromatic heterocycles. The number of nitrogens with one attached hydrogen (secondary N) is 2. The van der Waals surface area contributed by atoms with Crippen molar-refractivity contribution in [1.82, 2.24) is 15.5 Å². The van der Waals surface area contributed by atoms with Crippen LogP contribution in [0.2, 0.25) is 0 Å². The number of rotatable bonds is 4. The molecule has 0 spiro atoms. The van der Waals surface area contributed by atoms with Crippen molar-refractivity contribution in [2.45, 2.75) is 31.3 Å². The van der Waals surface area contributed by atoms with Crippen LogP contribution >= 0.6 is 24.8 Å². The van der Waals surface area contributed by atoms with Crippen molar-refractivity contribution >= 4 is 30.7 Å². The molecule has 1 amide bonds. The molecule has 3 rings (SSSR count). The molecule has 2 heterocycles. The molecule has 2 atom stereocenters. The molecule has 2 aliphatic rings. The number of ether oxygens (including phenoxy) is 1. The lowest BCUT2D eigenvalue weighted by Gasteiger charge is -2.24. The number of hydrogen-bond donors (Lipinski definition) is 2. The lowest BCUT2D eigenvalue weighted by Crippen LogP contribution is -2.50. The lowest BCUT2D eigenvalue weighted by molar-refractivity contribution is -0.137. The number of likely N-dealkylation sites (tertiary alicyclic amines) is 1. The molecule has 5 nitrogen and oxygen atoms in total. The molecule has 1 aromatic carbocycles. The van der Waals surface area contributed by atoms with Crippen molar-refractivity contribution in [3.05, 3.63) is 35.4 Å². The van der Waals surface area contributed by atoms with Gasteiger partial charge in [0.15, 0.2) is 0 Å². The van der Waals surface area contributed by atoms with Crippen LogP contribution in [-0.2, 0) is 22.3 Å². The van der Waals surface area contributed by atoms with E-state index in [0.29, 0.717) is 26.2 Å². The second kappa shape index (κ2) is 10.5. The van der Waals surface area contributed by atoms with Crippen molar-refractivity contribution in [3.63, 3.8) is 0 Å². The molecule has 154 valence electrons. The van der Waals surface area contributed by atoms with Gasteiger partial charge < -0.3 is 15.4 Å². The highest BCUT2D eigenvalue weighted by Crippen LogP contribution is 2.29. The minimum atomic E-state index is -4.31. The van der Waals surface area contributed by atoms with Crippen molar-refractivity contribution < 1.29 is 22.7 Å². The summed E-state index contributed by atoms with van der Waals surface area (Å²) < 4.78 is 43.2. The molecule has 0 bridgehead atoms. The van der Waals surface area contributed by atoms with E-state index in [2.05, 4.69) is 15.5 Å². The van der Waals surface area contributed by atoms with Gasteiger partial charge in [0.1, 0.15) is 6.10 Å². The number of alkyl halides is 3. The Morgan fingerprint density at radius 2 is 1.96 bits per heavy atom. The van der Waals surface area contributed by atoms with Gasteiger partial charge in [-0.15, -0.1) is 24.8 Å². The first-order valence-corrected chi connectivity index (χ1v) is 8.43. The summed E-state index contributed by atoms with van der Waals surface area (Å²) in [5, 5.41) is 6.12. The fourth-order valence-corrected chi connectivity index (χ4v) is 3.18. The van der Waals surface area contributed by atoms with E-state index >= 15 is 0 Å². The minimum absolute atomic E-state index is 0. The Hall–Kier alpha value is -1.06. The maximum Gasteiger partial charge on any atom is 0.416 e. The maximum atomic E-state index is 12.6. The van der Waals surface area contributed by atoms with Crippen molar-refractivity contribution in [2.24, 2.45) is 0 Å². The van der Waals surface area contributed by atoms with Crippen LogP contribution in [0.15, 0.2) is 24.3 Å². The van der Waals surface area contributed by atoms with Gasteiger partial charge in [-0.2, -0.15) is 13.2 Å². The Kier molecular flexibility index (Phi) is 9.30. The summed E-state index contributed by atoms with van der Waals surface area (Å²) in [6.07, 6.45) is -3.93. The monoisotopic (exact) mass is 429 g/mol. The normalized spacial score (nSPS) is 23.2. The second-order valence-corrected chi connectivity index (χ2v) is 6.49. The van der Waals surface area contributed by atoms with E-state index in [9.17, 15) is 18.0 Å². The first kappa shape index (κ1) is 24.0. The van der Waals surface area contributed by atoms with Crippen LogP contribution in [0, 0.1) is 0 Å². The van der Waals surface area contributed by atoms with Gasteiger partial charge in [-0.05, 0) is 24.1 Å². The van der Waals surface area contributed by atoms with Crippen LogP contribution < -0.4 is 10.6 Å². The highest BCUT2D eigenvalue weighted by Gasteiger charge is 2.31. The summed E-state index contributed by atoms with van der Waals surface area (Å²) in [5.41, 5.74) is 0.198. The average Bonchev–Trinajstić information content (AvgIpc) is 3.02. The molecule has 10 heteroatoms. The van der Waals surface area contributed by atoms with E-state index in [1.54, 1.807) is 0 Å². The number of carbonyl (C=O) groups excluding carboxylic acids is 1. The Morgan fingerprint density at radius 1 is 1.26 bits per heavy atom. The third kappa shape index (κ3) is 6.80. The summed E-state index contributed by atoms with van der Waals surface area (Å²) in [5.74, 6) is -0.103. The summed E-state index contributed by atoms with van der Waals surface area (Å²) >= 11 is 0. The highest BCUT2D eigenvalue weighted by atomic mass is 35.5. The summed E-state index contributed by atoms with van der Waals surface area (Å²) in [6.45, 7) is 3.87. The average molecular weight is 430 g/mol. The van der Waals surface area contributed by atoms with Gasteiger partial charge >= 0.3 is 6.18 Å².